The molecule has 0 bridgehead atoms. The van der Waals surface area contributed by atoms with E-state index in [1.807, 2.05) is 0 Å². The smallest absolute Gasteiger partial charge is 0.327 e. The molecule has 2 atom stereocenters. The van der Waals surface area contributed by atoms with E-state index in [0.29, 0.717) is 0 Å². The largest absolute Gasteiger partial charge is 0.480 e. The zero-order valence-corrected chi connectivity index (χ0v) is 6.01. The topological polar surface area (TPSA) is 57.5 Å². The van der Waals surface area contributed by atoms with Crippen molar-refractivity contribution < 1.29 is 15.0 Å². The van der Waals surface area contributed by atoms with Crippen molar-refractivity contribution in [1.29, 1.82) is 0 Å². The van der Waals surface area contributed by atoms with Gasteiger partial charge in [0.15, 0.2) is 4.87 Å². The van der Waals surface area contributed by atoms with Gasteiger partial charge in [-0.2, -0.15) is 0 Å². The van der Waals surface area contributed by atoms with Crippen LogP contribution in [0.15, 0.2) is 0 Å². The predicted molar refractivity (Wildman–Crippen MR) is 33.6 cm³/mol. The zero-order chi connectivity index (χ0) is 7.65. The van der Waals surface area contributed by atoms with Crippen molar-refractivity contribution in [3.8, 4) is 0 Å². The summed E-state index contributed by atoms with van der Waals surface area (Å²) in [5, 5.41) is 17.1. The molecule has 3 nitrogen and oxygen atoms in total. The number of alkyl halides is 1. The van der Waals surface area contributed by atoms with Crippen LogP contribution in [0.4, 0.5) is 0 Å². The molecule has 9 heavy (non-hydrogen) atoms. The standard InChI is InChI=1S/C5H9ClO3/c1-3(7)5(2,6)4(8)9/h3,7H,1-2H3,(H,8,9)/t3-,5-/m0/s1. The number of aliphatic carboxylic acids is 1. The van der Waals surface area contributed by atoms with Crippen LogP contribution in [-0.2, 0) is 4.79 Å². The highest BCUT2D eigenvalue weighted by Gasteiger charge is 2.35. The summed E-state index contributed by atoms with van der Waals surface area (Å²) in [6, 6.07) is 0. The fraction of sp³-hybridized carbons (Fsp3) is 0.800. The molecule has 0 saturated carbocycles. The van der Waals surface area contributed by atoms with Crippen molar-refractivity contribution in [2.24, 2.45) is 0 Å². The van der Waals surface area contributed by atoms with Crippen LogP contribution in [-0.4, -0.2) is 27.2 Å². The molecular formula is C5H9ClO3. The number of aliphatic hydroxyl groups is 1. The van der Waals surface area contributed by atoms with Gasteiger partial charge < -0.3 is 10.2 Å². The van der Waals surface area contributed by atoms with E-state index in [2.05, 4.69) is 0 Å². The second-order valence-electron chi connectivity index (χ2n) is 2.06. The van der Waals surface area contributed by atoms with Gasteiger partial charge >= 0.3 is 5.97 Å². The Kier molecular flexibility index (Phi) is 2.46. The number of hydrogen-bond donors (Lipinski definition) is 2. The van der Waals surface area contributed by atoms with E-state index in [0.717, 1.165) is 0 Å². The summed E-state index contributed by atoms with van der Waals surface area (Å²) in [7, 11) is 0. The maximum absolute atomic E-state index is 10.2. The fourth-order valence-electron chi connectivity index (χ4n) is 0.179. The highest BCUT2D eigenvalue weighted by Crippen LogP contribution is 2.18. The van der Waals surface area contributed by atoms with Gasteiger partial charge in [0.05, 0.1) is 6.10 Å². The Hall–Kier alpha value is -0.280. The molecule has 0 unspecified atom stereocenters. The SMILES string of the molecule is C[C@H](O)[C@](C)(Cl)C(=O)O. The third kappa shape index (κ3) is 1.84. The molecule has 0 aromatic heterocycles. The van der Waals surface area contributed by atoms with Gasteiger partial charge in [-0.1, -0.05) is 0 Å². The maximum atomic E-state index is 10.2. The van der Waals surface area contributed by atoms with Gasteiger partial charge in [-0.3, -0.25) is 4.79 Å². The molecule has 2 N–H and O–H groups in total. The number of carbonyl (C=O) groups is 1. The molecule has 0 spiro atoms. The van der Waals surface area contributed by atoms with Crippen molar-refractivity contribution >= 4 is 17.6 Å². The highest BCUT2D eigenvalue weighted by molar-refractivity contribution is 6.33. The lowest BCUT2D eigenvalue weighted by Gasteiger charge is -2.18. The van der Waals surface area contributed by atoms with Crippen LogP contribution in [0.2, 0.25) is 0 Å². The summed E-state index contributed by atoms with van der Waals surface area (Å²) in [4.78, 5) is 8.62. The van der Waals surface area contributed by atoms with Crippen LogP contribution < -0.4 is 0 Å². The minimum Gasteiger partial charge on any atom is -0.480 e. The first-order valence-corrected chi connectivity index (χ1v) is 2.87. The van der Waals surface area contributed by atoms with Crippen molar-refractivity contribution in [2.45, 2.75) is 24.8 Å². The van der Waals surface area contributed by atoms with Crippen LogP contribution in [0.3, 0.4) is 0 Å². The Morgan fingerprint density at radius 3 is 2.11 bits per heavy atom. The molecule has 4 heteroatoms. The lowest BCUT2D eigenvalue weighted by molar-refractivity contribution is -0.142. The number of aliphatic hydroxyl groups excluding tert-OH is 1. The normalized spacial score (nSPS) is 20.4. The fourth-order valence-corrected chi connectivity index (χ4v) is 0.179. The second kappa shape index (κ2) is 2.54. The zero-order valence-electron chi connectivity index (χ0n) is 5.26. The summed E-state index contributed by atoms with van der Waals surface area (Å²) in [6.45, 7) is 2.59. The first-order chi connectivity index (χ1) is 3.89. The number of carboxylic acids is 1. The molecule has 0 radical (unpaired) electrons. The Bertz CT molecular complexity index is 119. The second-order valence-corrected chi connectivity index (χ2v) is 2.84. The van der Waals surface area contributed by atoms with E-state index in [1.165, 1.54) is 13.8 Å². The van der Waals surface area contributed by atoms with Crippen LogP contribution >= 0.6 is 11.6 Å². The predicted octanol–water partition coefficient (Wildman–Crippen LogP) is 0.449. The molecule has 54 valence electrons. The molecule has 0 aliphatic carbocycles. The van der Waals surface area contributed by atoms with Gasteiger partial charge in [-0.05, 0) is 13.8 Å². The van der Waals surface area contributed by atoms with Crippen molar-refractivity contribution in [3.63, 3.8) is 0 Å². The number of hydrogen-bond acceptors (Lipinski definition) is 2. The van der Waals surface area contributed by atoms with E-state index in [1.54, 1.807) is 0 Å². The van der Waals surface area contributed by atoms with Crippen LogP contribution in [0, 0.1) is 0 Å². The number of carboxylic acid groups (broad SMARTS) is 1. The molecular weight excluding hydrogens is 144 g/mol. The Morgan fingerprint density at radius 2 is 2.11 bits per heavy atom. The third-order valence-electron chi connectivity index (χ3n) is 1.20. The molecule has 0 aromatic carbocycles. The summed E-state index contributed by atoms with van der Waals surface area (Å²) >= 11 is 5.36. The minimum absolute atomic E-state index is 1.04. The van der Waals surface area contributed by atoms with Crippen molar-refractivity contribution in [1.82, 2.24) is 0 Å². The summed E-state index contributed by atoms with van der Waals surface area (Å²) in [6.07, 6.45) is -1.04. The maximum Gasteiger partial charge on any atom is 0.327 e. The Labute approximate surface area is 58.3 Å². The first-order valence-electron chi connectivity index (χ1n) is 2.49. The highest BCUT2D eigenvalue weighted by atomic mass is 35.5. The molecule has 0 fully saturated rings. The van der Waals surface area contributed by atoms with Gasteiger partial charge in [0.1, 0.15) is 0 Å². The summed E-state index contributed by atoms with van der Waals surface area (Å²) < 4.78 is 0. The molecule has 0 aliphatic heterocycles. The van der Waals surface area contributed by atoms with Gasteiger partial charge in [-0.25, -0.2) is 0 Å². The summed E-state index contributed by atoms with van der Waals surface area (Å²) in [5.41, 5.74) is 0. The average molecular weight is 153 g/mol. The first kappa shape index (κ1) is 8.72. The van der Waals surface area contributed by atoms with Crippen LogP contribution in [0.5, 0.6) is 0 Å². The van der Waals surface area contributed by atoms with Crippen LogP contribution in [0.1, 0.15) is 13.8 Å². The lowest BCUT2D eigenvalue weighted by Crippen LogP contribution is -2.39. The minimum atomic E-state index is -1.56. The van der Waals surface area contributed by atoms with E-state index in [9.17, 15) is 4.79 Å². The van der Waals surface area contributed by atoms with E-state index in [4.69, 9.17) is 21.8 Å². The van der Waals surface area contributed by atoms with Crippen molar-refractivity contribution in [2.75, 3.05) is 0 Å². The van der Waals surface area contributed by atoms with Gasteiger partial charge in [0.25, 0.3) is 0 Å². The van der Waals surface area contributed by atoms with E-state index < -0.39 is 16.9 Å². The van der Waals surface area contributed by atoms with Gasteiger partial charge in [0, 0.05) is 0 Å². The van der Waals surface area contributed by atoms with Gasteiger partial charge in [0.2, 0.25) is 0 Å². The molecule has 0 rings (SSSR count). The molecule has 0 heterocycles. The molecule has 0 saturated heterocycles. The molecule has 0 aliphatic rings. The number of halogens is 1. The molecule has 0 amide bonds. The molecule has 0 aromatic rings. The third-order valence-corrected chi connectivity index (χ3v) is 1.68. The van der Waals surface area contributed by atoms with E-state index >= 15 is 0 Å². The van der Waals surface area contributed by atoms with Crippen molar-refractivity contribution in [3.05, 3.63) is 0 Å². The summed E-state index contributed by atoms with van der Waals surface area (Å²) in [5.74, 6) is -1.21. The monoisotopic (exact) mass is 152 g/mol. The van der Waals surface area contributed by atoms with E-state index in [-0.39, 0.29) is 0 Å². The quantitative estimate of drug-likeness (QED) is 0.565. The van der Waals surface area contributed by atoms with Crippen LogP contribution in [0.25, 0.3) is 0 Å². The Balaban J connectivity index is 4.19. The average Bonchev–Trinajstić information content (AvgIpc) is 1.65. The number of rotatable bonds is 2. The Morgan fingerprint density at radius 1 is 1.78 bits per heavy atom. The lowest BCUT2D eigenvalue weighted by atomic mass is 10.1. The van der Waals surface area contributed by atoms with Gasteiger partial charge in [-0.15, -0.1) is 11.6 Å².